The molecule has 0 spiro atoms. The molecule has 0 radical (unpaired) electrons. The van der Waals surface area contributed by atoms with Crippen LogP contribution in [0.25, 0.3) is 11.1 Å². The van der Waals surface area contributed by atoms with Gasteiger partial charge in [0, 0.05) is 17.0 Å². The van der Waals surface area contributed by atoms with Gasteiger partial charge in [-0.2, -0.15) is 0 Å². The average molecular weight is 350 g/mol. The fourth-order valence-electron chi connectivity index (χ4n) is 2.97. The topological polar surface area (TPSA) is 20.3 Å². The monoisotopic (exact) mass is 349 g/mol. The van der Waals surface area contributed by atoms with Gasteiger partial charge < -0.3 is 4.90 Å². The largest absolute Gasteiger partial charge is 0.301 e. The van der Waals surface area contributed by atoms with Gasteiger partial charge in [0.2, 0.25) is 5.91 Å². The predicted octanol–water partition coefficient (Wildman–Crippen LogP) is 5.83. The lowest BCUT2D eigenvalue weighted by Gasteiger charge is -2.44. The van der Waals surface area contributed by atoms with Gasteiger partial charge in [-0.1, -0.05) is 64.9 Å². The van der Waals surface area contributed by atoms with Crippen molar-refractivity contribution in [2.75, 3.05) is 4.90 Å². The molecule has 0 bridgehead atoms. The Morgan fingerprint density at radius 1 is 1.32 bits per heavy atom. The lowest BCUT2D eigenvalue weighted by Crippen LogP contribution is -2.49. The van der Waals surface area contributed by atoms with Crippen molar-refractivity contribution in [1.29, 1.82) is 0 Å². The van der Waals surface area contributed by atoms with Crippen molar-refractivity contribution in [3.8, 4) is 11.1 Å². The Morgan fingerprint density at radius 3 is 2.68 bits per heavy atom. The number of fused-ring (bicyclic) bond motifs is 3. The van der Waals surface area contributed by atoms with E-state index in [-0.39, 0.29) is 17.4 Å². The first-order valence-electron chi connectivity index (χ1n) is 7.46. The zero-order valence-corrected chi connectivity index (χ0v) is 15.6. The van der Waals surface area contributed by atoms with Gasteiger partial charge in [0.25, 0.3) is 0 Å². The second-order valence-corrected chi connectivity index (χ2v) is 9.03. The summed E-state index contributed by atoms with van der Waals surface area (Å²) in [5.74, 6) is 0.204. The predicted molar refractivity (Wildman–Crippen MR) is 98.4 cm³/mol. The van der Waals surface area contributed by atoms with Gasteiger partial charge in [-0.25, -0.2) is 0 Å². The first-order chi connectivity index (χ1) is 10.4. The van der Waals surface area contributed by atoms with Crippen LogP contribution in [0.5, 0.6) is 0 Å². The van der Waals surface area contributed by atoms with Gasteiger partial charge in [-0.3, -0.25) is 4.79 Å². The smallest absolute Gasteiger partial charge is 0.230 e. The Labute approximate surface area is 143 Å². The summed E-state index contributed by atoms with van der Waals surface area (Å²) >= 11 is 5.56. The van der Waals surface area contributed by atoms with E-state index in [0.717, 1.165) is 27.1 Å². The molecular formula is C17H19NOS3. The van der Waals surface area contributed by atoms with Crippen LogP contribution in [0.15, 0.2) is 24.3 Å². The fraction of sp³-hybridized carbons (Fsp3) is 0.412. The second kappa shape index (κ2) is 5.55. The van der Waals surface area contributed by atoms with E-state index < -0.39 is 0 Å². The maximum absolute atomic E-state index is 13.0. The molecule has 1 aromatic carbocycles. The van der Waals surface area contributed by atoms with E-state index in [9.17, 15) is 4.79 Å². The third-order valence-corrected chi connectivity index (χ3v) is 7.74. The van der Waals surface area contributed by atoms with Crippen LogP contribution in [0.3, 0.4) is 0 Å². The third kappa shape index (κ3) is 2.18. The molecule has 1 atom stereocenters. The molecule has 5 heteroatoms. The Hall–Kier alpha value is -1.04. The standard InChI is InChI=1S/C17H19NOS3/c1-5-10(2)15(19)18-12-9-7-6-8-11(12)13-14(17(18,3)4)21-22-16(13)20/h6-10H,5H2,1-4H3/t10-/m0/s1. The molecule has 0 unspecified atom stereocenters. The first-order valence-corrected chi connectivity index (χ1v) is 10.0. The number of hydrogen-bond acceptors (Lipinski definition) is 4. The Morgan fingerprint density at radius 2 is 2.00 bits per heavy atom. The number of anilines is 1. The van der Waals surface area contributed by atoms with Crippen molar-refractivity contribution in [2.24, 2.45) is 5.92 Å². The lowest BCUT2D eigenvalue weighted by molar-refractivity contribution is -0.123. The van der Waals surface area contributed by atoms with Gasteiger partial charge in [-0.15, -0.1) is 0 Å². The van der Waals surface area contributed by atoms with Crippen molar-refractivity contribution < 1.29 is 4.79 Å². The highest BCUT2D eigenvalue weighted by Crippen LogP contribution is 2.52. The van der Waals surface area contributed by atoms with Crippen LogP contribution in [0.4, 0.5) is 5.69 Å². The molecule has 0 N–H and O–H groups in total. The van der Waals surface area contributed by atoms with Gasteiger partial charge in [-0.05, 0) is 26.3 Å². The van der Waals surface area contributed by atoms with Gasteiger partial charge >= 0.3 is 0 Å². The van der Waals surface area contributed by atoms with Gasteiger partial charge in [0.15, 0.2) is 0 Å². The molecule has 0 fully saturated rings. The van der Waals surface area contributed by atoms with E-state index in [4.69, 9.17) is 12.2 Å². The first kappa shape index (κ1) is 15.8. The minimum absolute atomic E-state index is 0.0143. The van der Waals surface area contributed by atoms with Gasteiger partial charge in [0.05, 0.1) is 16.1 Å². The Kier molecular flexibility index (Phi) is 4.00. The number of carbonyl (C=O) groups is 1. The van der Waals surface area contributed by atoms with Crippen molar-refractivity contribution in [3.05, 3.63) is 33.0 Å². The SMILES string of the molecule is CC[C@H](C)C(=O)N1c2ccccc2-c2c(ssc2=S)C1(C)C. The van der Waals surface area contributed by atoms with Crippen LogP contribution in [0.1, 0.15) is 39.0 Å². The van der Waals surface area contributed by atoms with E-state index >= 15 is 0 Å². The van der Waals surface area contributed by atoms with Crippen LogP contribution >= 0.6 is 32.9 Å². The van der Waals surface area contributed by atoms with E-state index in [1.807, 2.05) is 30.0 Å². The second-order valence-electron chi connectivity index (χ2n) is 6.22. The van der Waals surface area contributed by atoms with Gasteiger partial charge in [0.1, 0.15) is 3.82 Å². The molecule has 116 valence electrons. The summed E-state index contributed by atoms with van der Waals surface area (Å²) in [6, 6.07) is 8.13. The number of para-hydroxylation sites is 1. The summed E-state index contributed by atoms with van der Waals surface area (Å²) in [4.78, 5) is 16.2. The summed E-state index contributed by atoms with van der Waals surface area (Å²) < 4.78 is 0.927. The van der Waals surface area contributed by atoms with Crippen molar-refractivity contribution in [2.45, 2.75) is 39.7 Å². The molecule has 3 rings (SSSR count). The van der Waals surface area contributed by atoms with Crippen LogP contribution in [0.2, 0.25) is 0 Å². The van der Waals surface area contributed by atoms with Crippen molar-refractivity contribution in [3.63, 3.8) is 0 Å². The van der Waals surface area contributed by atoms with Crippen LogP contribution < -0.4 is 4.90 Å². The van der Waals surface area contributed by atoms with E-state index in [1.165, 1.54) is 4.88 Å². The van der Waals surface area contributed by atoms with E-state index in [0.29, 0.717) is 0 Å². The molecule has 0 saturated carbocycles. The number of amides is 1. The Bertz CT molecular complexity index is 787. The normalized spacial score (nSPS) is 16.8. The van der Waals surface area contributed by atoms with Crippen LogP contribution in [0, 0.1) is 9.74 Å². The average Bonchev–Trinajstić information content (AvgIpc) is 2.89. The molecular weight excluding hydrogens is 330 g/mol. The molecule has 1 aliphatic heterocycles. The maximum Gasteiger partial charge on any atom is 0.230 e. The molecule has 0 aliphatic carbocycles. The molecule has 1 aliphatic rings. The number of carbonyl (C=O) groups excluding carboxylic acids is 1. The highest BCUT2D eigenvalue weighted by Gasteiger charge is 2.43. The van der Waals surface area contributed by atoms with Crippen molar-refractivity contribution >= 4 is 44.5 Å². The minimum atomic E-state index is -0.359. The highest BCUT2D eigenvalue weighted by molar-refractivity contribution is 7.80. The number of benzene rings is 1. The quantitative estimate of drug-likeness (QED) is 0.502. The maximum atomic E-state index is 13.0. The summed E-state index contributed by atoms with van der Waals surface area (Å²) in [6.45, 7) is 8.32. The molecule has 1 amide bonds. The number of rotatable bonds is 2. The summed E-state index contributed by atoms with van der Waals surface area (Å²) in [5, 5.41) is 0. The Balaban J connectivity index is 2.29. The highest BCUT2D eigenvalue weighted by atomic mass is 32.9. The minimum Gasteiger partial charge on any atom is -0.301 e. The summed E-state index contributed by atoms with van der Waals surface area (Å²) in [6.07, 6.45) is 0.847. The van der Waals surface area contributed by atoms with Crippen molar-refractivity contribution in [1.82, 2.24) is 0 Å². The third-order valence-electron chi connectivity index (χ3n) is 4.42. The summed E-state index contributed by atoms with van der Waals surface area (Å²) in [7, 11) is 3.34. The molecule has 1 aromatic heterocycles. The van der Waals surface area contributed by atoms with E-state index in [2.05, 4.69) is 26.8 Å². The molecule has 0 saturated heterocycles. The van der Waals surface area contributed by atoms with Crippen LogP contribution in [-0.2, 0) is 10.3 Å². The number of hydrogen-bond donors (Lipinski definition) is 0. The van der Waals surface area contributed by atoms with Crippen LogP contribution in [-0.4, -0.2) is 5.91 Å². The molecule has 22 heavy (non-hydrogen) atoms. The zero-order valence-electron chi connectivity index (χ0n) is 13.2. The molecule has 2 aromatic rings. The fourth-order valence-corrected chi connectivity index (χ4v) is 6.25. The summed E-state index contributed by atoms with van der Waals surface area (Å²) in [5.41, 5.74) is 2.87. The molecule has 2 nitrogen and oxygen atoms in total. The van der Waals surface area contributed by atoms with E-state index in [1.54, 1.807) is 20.7 Å². The number of nitrogens with zero attached hydrogens (tertiary/aromatic N) is 1. The lowest BCUT2D eigenvalue weighted by atomic mass is 9.86. The molecule has 2 heterocycles. The zero-order chi connectivity index (χ0) is 16.1.